The zero-order chi connectivity index (χ0) is 10.1. The highest BCUT2D eigenvalue weighted by Gasteiger charge is 2.27. The van der Waals surface area contributed by atoms with Gasteiger partial charge in [0.1, 0.15) is 0 Å². The first-order valence-electron chi connectivity index (χ1n) is 5.09. The molecule has 0 radical (unpaired) electrons. The lowest BCUT2D eigenvalue weighted by molar-refractivity contribution is 0.0315. The Hall–Kier alpha value is -0.120. The van der Waals surface area contributed by atoms with Gasteiger partial charge in [-0.15, -0.1) is 0 Å². The first-order valence-corrected chi connectivity index (χ1v) is 5.09. The fourth-order valence-electron chi connectivity index (χ4n) is 1.90. The first-order chi connectivity index (χ1) is 5.88. The molecule has 13 heavy (non-hydrogen) atoms. The topological polar surface area (TPSA) is 49.5 Å². The van der Waals surface area contributed by atoms with Gasteiger partial charge in [-0.05, 0) is 33.6 Å². The minimum absolute atomic E-state index is 0.154. The van der Waals surface area contributed by atoms with Crippen molar-refractivity contribution in [3.8, 4) is 0 Å². The molecule has 1 aliphatic heterocycles. The molecule has 2 atom stereocenters. The molecule has 1 rings (SSSR count). The Labute approximate surface area is 80.9 Å². The van der Waals surface area contributed by atoms with Crippen LogP contribution < -0.4 is 5.73 Å². The number of rotatable bonds is 2. The summed E-state index contributed by atoms with van der Waals surface area (Å²) in [6.07, 6.45) is 1.86. The van der Waals surface area contributed by atoms with Crippen LogP contribution in [0.15, 0.2) is 0 Å². The second-order valence-electron chi connectivity index (χ2n) is 5.00. The molecule has 1 fully saturated rings. The molecule has 0 aromatic rings. The lowest BCUT2D eigenvalue weighted by Gasteiger charge is -2.39. The number of β-amino-alcohol motifs (C(OH)–C–C–N with tert-alkyl or cyclic N) is 1. The number of nitrogens with two attached hydrogens (primary N) is 1. The van der Waals surface area contributed by atoms with Crippen molar-refractivity contribution in [2.45, 2.75) is 51.3 Å². The smallest absolute Gasteiger partial charge is 0.0667 e. The van der Waals surface area contributed by atoms with Crippen LogP contribution in [0.2, 0.25) is 0 Å². The minimum atomic E-state index is -0.161. The van der Waals surface area contributed by atoms with Crippen LogP contribution in [0, 0.1) is 0 Å². The molecule has 1 saturated heterocycles. The molecule has 0 spiro atoms. The van der Waals surface area contributed by atoms with E-state index in [1.807, 2.05) is 13.8 Å². The number of piperidine rings is 1. The van der Waals surface area contributed by atoms with Gasteiger partial charge in [0.2, 0.25) is 0 Å². The van der Waals surface area contributed by atoms with E-state index < -0.39 is 0 Å². The van der Waals surface area contributed by atoms with Gasteiger partial charge in [-0.3, -0.25) is 4.90 Å². The second-order valence-corrected chi connectivity index (χ2v) is 5.00. The minimum Gasteiger partial charge on any atom is -0.392 e. The van der Waals surface area contributed by atoms with Crippen LogP contribution in [-0.4, -0.2) is 40.8 Å². The molecule has 0 amide bonds. The van der Waals surface area contributed by atoms with Crippen molar-refractivity contribution in [3.63, 3.8) is 0 Å². The molecule has 0 unspecified atom stereocenters. The number of hydrogen-bond acceptors (Lipinski definition) is 3. The van der Waals surface area contributed by atoms with Gasteiger partial charge in [-0.1, -0.05) is 0 Å². The van der Waals surface area contributed by atoms with E-state index in [0.717, 1.165) is 25.9 Å². The monoisotopic (exact) mass is 186 g/mol. The summed E-state index contributed by atoms with van der Waals surface area (Å²) >= 11 is 0. The van der Waals surface area contributed by atoms with Crippen LogP contribution in [-0.2, 0) is 0 Å². The number of hydrogen-bond donors (Lipinski definition) is 2. The van der Waals surface area contributed by atoms with E-state index in [0.29, 0.717) is 6.04 Å². The molecule has 3 heteroatoms. The van der Waals surface area contributed by atoms with Gasteiger partial charge >= 0.3 is 0 Å². The lowest BCUT2D eigenvalue weighted by Crippen LogP contribution is -2.52. The van der Waals surface area contributed by atoms with E-state index in [2.05, 4.69) is 11.8 Å². The highest BCUT2D eigenvalue weighted by atomic mass is 16.3. The van der Waals surface area contributed by atoms with Crippen molar-refractivity contribution in [1.29, 1.82) is 0 Å². The van der Waals surface area contributed by atoms with Crippen LogP contribution in [0.4, 0.5) is 0 Å². The van der Waals surface area contributed by atoms with Crippen molar-refractivity contribution in [2.24, 2.45) is 5.73 Å². The van der Waals surface area contributed by atoms with Gasteiger partial charge in [0.15, 0.2) is 0 Å². The Morgan fingerprint density at radius 2 is 2.08 bits per heavy atom. The summed E-state index contributed by atoms with van der Waals surface area (Å²) in [6, 6.07) is 0.561. The molecule has 0 aliphatic carbocycles. The van der Waals surface area contributed by atoms with E-state index in [1.54, 1.807) is 0 Å². The summed E-state index contributed by atoms with van der Waals surface area (Å²) in [4.78, 5) is 2.29. The second kappa shape index (κ2) is 3.95. The first kappa shape index (κ1) is 11.0. The van der Waals surface area contributed by atoms with E-state index >= 15 is 0 Å². The highest BCUT2D eigenvalue weighted by molar-refractivity contribution is 4.84. The zero-order valence-electron chi connectivity index (χ0n) is 8.95. The predicted octanol–water partition coefficient (Wildman–Crippen LogP) is 0.569. The number of aliphatic hydroxyl groups is 1. The van der Waals surface area contributed by atoms with Gasteiger partial charge in [-0.2, -0.15) is 0 Å². The average molecular weight is 186 g/mol. The van der Waals surface area contributed by atoms with E-state index in [9.17, 15) is 5.11 Å². The van der Waals surface area contributed by atoms with Crippen LogP contribution in [0.3, 0.4) is 0 Å². The predicted molar refractivity (Wildman–Crippen MR) is 54.5 cm³/mol. The van der Waals surface area contributed by atoms with Crippen LogP contribution in [0.1, 0.15) is 33.6 Å². The molecule has 1 heterocycles. The third-order valence-corrected chi connectivity index (χ3v) is 2.60. The van der Waals surface area contributed by atoms with Gasteiger partial charge in [0, 0.05) is 24.7 Å². The Kier molecular flexibility index (Phi) is 3.33. The van der Waals surface area contributed by atoms with Gasteiger partial charge in [-0.25, -0.2) is 0 Å². The summed E-state index contributed by atoms with van der Waals surface area (Å²) in [6.45, 7) is 7.91. The average Bonchev–Trinajstić information content (AvgIpc) is 1.94. The summed E-state index contributed by atoms with van der Waals surface area (Å²) in [5.41, 5.74) is 5.79. The number of aliphatic hydroxyl groups excluding tert-OH is 1. The molecular formula is C10H22N2O. The molecule has 0 saturated carbocycles. The fraction of sp³-hybridized carbons (Fsp3) is 1.00. The molecular weight excluding hydrogens is 164 g/mol. The summed E-state index contributed by atoms with van der Waals surface area (Å²) < 4.78 is 0. The van der Waals surface area contributed by atoms with Crippen molar-refractivity contribution in [1.82, 2.24) is 4.90 Å². The Morgan fingerprint density at radius 1 is 1.46 bits per heavy atom. The molecule has 3 nitrogen and oxygen atoms in total. The van der Waals surface area contributed by atoms with E-state index in [4.69, 9.17) is 5.73 Å². The Balaban J connectivity index is 2.47. The fourth-order valence-corrected chi connectivity index (χ4v) is 1.90. The maximum absolute atomic E-state index is 9.51. The van der Waals surface area contributed by atoms with Crippen LogP contribution in [0.5, 0.6) is 0 Å². The summed E-state index contributed by atoms with van der Waals surface area (Å²) in [5, 5.41) is 9.51. The van der Waals surface area contributed by atoms with Crippen LogP contribution >= 0.6 is 0 Å². The summed E-state index contributed by atoms with van der Waals surface area (Å²) in [5.74, 6) is 0. The third-order valence-electron chi connectivity index (χ3n) is 2.60. The van der Waals surface area contributed by atoms with Crippen LogP contribution in [0.25, 0.3) is 0 Å². The summed E-state index contributed by atoms with van der Waals surface area (Å²) in [7, 11) is 0. The van der Waals surface area contributed by atoms with Gasteiger partial charge in [0.05, 0.1) is 6.10 Å². The standard InChI is InChI=1S/C10H22N2O/c1-8-4-5-9(13)6-12(8)7-10(2,3)11/h8-9,13H,4-7,11H2,1-3H3/t8-,9-/m0/s1. The maximum Gasteiger partial charge on any atom is 0.0667 e. The quantitative estimate of drug-likeness (QED) is 0.663. The van der Waals surface area contributed by atoms with Crippen molar-refractivity contribution >= 4 is 0 Å². The molecule has 0 aromatic heterocycles. The SMILES string of the molecule is C[C@H]1CC[C@H](O)CN1CC(C)(C)N. The highest BCUT2D eigenvalue weighted by Crippen LogP contribution is 2.18. The Bertz CT molecular complexity index is 165. The molecule has 0 aromatic carbocycles. The third kappa shape index (κ3) is 3.63. The largest absolute Gasteiger partial charge is 0.392 e. The van der Waals surface area contributed by atoms with Crippen molar-refractivity contribution < 1.29 is 5.11 Å². The van der Waals surface area contributed by atoms with Crippen molar-refractivity contribution in [3.05, 3.63) is 0 Å². The Morgan fingerprint density at radius 3 is 2.62 bits per heavy atom. The number of likely N-dealkylation sites (tertiary alicyclic amines) is 1. The van der Waals surface area contributed by atoms with E-state index in [1.165, 1.54) is 0 Å². The van der Waals surface area contributed by atoms with Gasteiger partial charge < -0.3 is 10.8 Å². The molecule has 78 valence electrons. The zero-order valence-corrected chi connectivity index (χ0v) is 8.95. The number of nitrogens with zero attached hydrogens (tertiary/aromatic N) is 1. The lowest BCUT2D eigenvalue weighted by atomic mass is 9.98. The molecule has 1 aliphatic rings. The van der Waals surface area contributed by atoms with Gasteiger partial charge in [0.25, 0.3) is 0 Å². The van der Waals surface area contributed by atoms with E-state index in [-0.39, 0.29) is 11.6 Å². The maximum atomic E-state index is 9.51. The normalized spacial score (nSPS) is 32.1. The van der Waals surface area contributed by atoms with Crippen molar-refractivity contribution in [2.75, 3.05) is 13.1 Å². The molecule has 3 N–H and O–H groups in total. The molecule has 0 bridgehead atoms.